The molecule has 8 heteroatoms. The van der Waals surface area contributed by atoms with Crippen LogP contribution in [0.5, 0.6) is 0 Å². The molecule has 1 amide bonds. The highest BCUT2D eigenvalue weighted by Crippen LogP contribution is 2.44. The van der Waals surface area contributed by atoms with Crippen molar-refractivity contribution in [3.05, 3.63) is 0 Å². The quantitative estimate of drug-likeness (QED) is 0.550. The molecule has 0 unspecified atom stereocenters. The number of amides is 1. The van der Waals surface area contributed by atoms with E-state index in [0.29, 0.717) is 13.0 Å². The average molecular weight is 383 g/mol. The number of rotatable bonds is 3. The predicted octanol–water partition coefficient (Wildman–Crippen LogP) is 3.27. The van der Waals surface area contributed by atoms with E-state index in [1.165, 1.54) is 0 Å². The van der Waals surface area contributed by atoms with Crippen LogP contribution in [0.15, 0.2) is 0 Å². The molecule has 2 aliphatic heterocycles. The van der Waals surface area contributed by atoms with Crippen LogP contribution in [-0.2, 0) is 23.6 Å². The van der Waals surface area contributed by atoms with Crippen molar-refractivity contribution >= 4 is 19.2 Å². The molecule has 2 rings (SSSR count). The normalized spacial score (nSPS) is 27.4. The summed E-state index contributed by atoms with van der Waals surface area (Å²) in [5.41, 5.74) is -1.53. The first-order valence-electron chi connectivity index (χ1n) is 9.77. The predicted molar refractivity (Wildman–Crippen MR) is 102 cm³/mol. The Labute approximate surface area is 163 Å². The summed E-state index contributed by atoms with van der Waals surface area (Å²) in [6.07, 6.45) is 0.170. The molecule has 0 N–H and O–H groups in total. The van der Waals surface area contributed by atoms with Gasteiger partial charge in [-0.15, -0.1) is 0 Å². The molecule has 2 heterocycles. The number of ether oxygens (including phenoxy) is 2. The number of carbonyl (C=O) groups is 2. The van der Waals surface area contributed by atoms with Gasteiger partial charge in [0.15, 0.2) is 0 Å². The van der Waals surface area contributed by atoms with Crippen molar-refractivity contribution in [3.8, 4) is 0 Å². The van der Waals surface area contributed by atoms with Gasteiger partial charge in [-0.3, -0.25) is 4.79 Å². The Morgan fingerprint density at radius 1 is 1.15 bits per heavy atom. The van der Waals surface area contributed by atoms with Crippen LogP contribution in [0.3, 0.4) is 0 Å². The molecular formula is C19H34BNO6. The van der Waals surface area contributed by atoms with Crippen LogP contribution >= 0.6 is 0 Å². The Hall–Kier alpha value is -1.28. The second kappa shape index (κ2) is 7.62. The SMILES string of the molecule is CCOC(=O)[C@@H]1CN(C(=O)OC(C)(C)C)CC[C@@H]1B1OC(C)(C)C(C)(C)O1. The Morgan fingerprint density at radius 3 is 2.19 bits per heavy atom. The van der Waals surface area contributed by atoms with Gasteiger partial charge in [0.25, 0.3) is 0 Å². The van der Waals surface area contributed by atoms with Crippen molar-refractivity contribution in [2.45, 2.75) is 84.4 Å². The van der Waals surface area contributed by atoms with Crippen molar-refractivity contribution < 1.29 is 28.4 Å². The van der Waals surface area contributed by atoms with Crippen molar-refractivity contribution in [1.82, 2.24) is 4.90 Å². The van der Waals surface area contributed by atoms with E-state index in [-0.39, 0.29) is 24.9 Å². The number of nitrogens with zero attached hydrogens (tertiary/aromatic N) is 1. The molecule has 0 aromatic rings. The molecule has 2 atom stereocenters. The van der Waals surface area contributed by atoms with Gasteiger partial charge in [0.1, 0.15) is 5.60 Å². The topological polar surface area (TPSA) is 74.3 Å². The number of piperidine rings is 1. The molecule has 0 bridgehead atoms. The maximum Gasteiger partial charge on any atom is 0.462 e. The third-order valence-corrected chi connectivity index (χ3v) is 5.53. The van der Waals surface area contributed by atoms with E-state index in [9.17, 15) is 9.59 Å². The molecule has 0 spiro atoms. The summed E-state index contributed by atoms with van der Waals surface area (Å²) in [6.45, 7) is 16.2. The van der Waals surface area contributed by atoms with Crippen molar-refractivity contribution in [2.24, 2.45) is 5.92 Å². The van der Waals surface area contributed by atoms with E-state index in [2.05, 4.69) is 0 Å². The third kappa shape index (κ3) is 4.96. The maximum atomic E-state index is 12.6. The van der Waals surface area contributed by atoms with Crippen LogP contribution in [0.1, 0.15) is 61.8 Å². The first-order valence-corrected chi connectivity index (χ1v) is 9.77. The van der Waals surface area contributed by atoms with Crippen LogP contribution in [0.2, 0.25) is 5.82 Å². The highest BCUT2D eigenvalue weighted by atomic mass is 16.7. The summed E-state index contributed by atoms with van der Waals surface area (Å²) < 4.78 is 23.1. The van der Waals surface area contributed by atoms with Gasteiger partial charge < -0.3 is 23.7 Å². The van der Waals surface area contributed by atoms with Gasteiger partial charge >= 0.3 is 19.2 Å². The summed E-state index contributed by atoms with van der Waals surface area (Å²) in [7, 11) is -0.509. The number of carbonyl (C=O) groups excluding carboxylic acids is 2. The van der Waals surface area contributed by atoms with Crippen molar-refractivity contribution in [1.29, 1.82) is 0 Å². The number of esters is 1. The van der Waals surface area contributed by atoms with E-state index < -0.39 is 35.9 Å². The smallest absolute Gasteiger partial charge is 0.462 e. The summed E-state index contributed by atoms with van der Waals surface area (Å²) in [5.74, 6) is -1.02. The van der Waals surface area contributed by atoms with Crippen LogP contribution in [0, 0.1) is 5.92 Å². The first kappa shape index (κ1) is 22.0. The lowest BCUT2D eigenvalue weighted by Crippen LogP contribution is -2.50. The van der Waals surface area contributed by atoms with E-state index in [0.717, 1.165) is 0 Å². The number of likely N-dealkylation sites (tertiary alicyclic amines) is 1. The Morgan fingerprint density at radius 2 is 1.70 bits per heavy atom. The van der Waals surface area contributed by atoms with E-state index in [1.54, 1.807) is 11.8 Å². The van der Waals surface area contributed by atoms with Gasteiger partial charge in [0.05, 0.1) is 23.7 Å². The molecule has 0 aromatic carbocycles. The maximum absolute atomic E-state index is 12.6. The number of hydrogen-bond donors (Lipinski definition) is 0. The standard InChI is InChI=1S/C19H34BNO6/c1-9-24-15(22)13-12-21(16(23)25-17(2,3)4)11-10-14(13)20-26-18(5,6)19(7,8)27-20/h13-14H,9-12H2,1-8H3/t13-,14+/m1/s1. The molecule has 0 aromatic heterocycles. The minimum atomic E-state index is -0.584. The first-order chi connectivity index (χ1) is 12.3. The molecule has 2 aliphatic rings. The number of hydrogen-bond acceptors (Lipinski definition) is 6. The molecule has 0 saturated carbocycles. The van der Waals surface area contributed by atoms with Gasteiger partial charge in [-0.1, -0.05) is 0 Å². The summed E-state index contributed by atoms with van der Waals surface area (Å²) >= 11 is 0. The minimum Gasteiger partial charge on any atom is -0.466 e. The van der Waals surface area contributed by atoms with Gasteiger partial charge in [0, 0.05) is 18.9 Å². The Kier molecular flexibility index (Phi) is 6.22. The molecule has 0 aliphatic carbocycles. The highest BCUT2D eigenvalue weighted by Gasteiger charge is 2.57. The Balaban J connectivity index is 2.17. The van der Waals surface area contributed by atoms with Crippen LogP contribution < -0.4 is 0 Å². The van der Waals surface area contributed by atoms with E-state index in [1.807, 2.05) is 48.5 Å². The monoisotopic (exact) mass is 383 g/mol. The Bertz CT molecular complexity index is 555. The third-order valence-electron chi connectivity index (χ3n) is 5.53. The van der Waals surface area contributed by atoms with Crippen molar-refractivity contribution in [3.63, 3.8) is 0 Å². The fourth-order valence-corrected chi connectivity index (χ4v) is 3.35. The van der Waals surface area contributed by atoms with Crippen LogP contribution in [0.4, 0.5) is 4.79 Å². The highest BCUT2D eigenvalue weighted by molar-refractivity contribution is 6.48. The zero-order chi connectivity index (χ0) is 20.6. The van der Waals surface area contributed by atoms with E-state index >= 15 is 0 Å². The molecular weight excluding hydrogens is 349 g/mol. The van der Waals surface area contributed by atoms with Crippen LogP contribution in [0.25, 0.3) is 0 Å². The van der Waals surface area contributed by atoms with Gasteiger partial charge in [0.2, 0.25) is 0 Å². The lowest BCUT2D eigenvalue weighted by Gasteiger charge is -2.38. The van der Waals surface area contributed by atoms with Crippen molar-refractivity contribution in [2.75, 3.05) is 19.7 Å². The molecule has 0 radical (unpaired) electrons. The second-order valence-corrected chi connectivity index (χ2v) is 9.36. The molecule has 7 nitrogen and oxygen atoms in total. The fraction of sp³-hybridized carbons (Fsp3) is 0.895. The molecule has 27 heavy (non-hydrogen) atoms. The zero-order valence-corrected chi connectivity index (χ0v) is 18.0. The molecule has 2 fully saturated rings. The largest absolute Gasteiger partial charge is 0.466 e. The summed E-state index contributed by atoms with van der Waals surface area (Å²) in [6, 6.07) is 0. The lowest BCUT2D eigenvalue weighted by atomic mass is 9.61. The van der Waals surface area contributed by atoms with E-state index in [4.69, 9.17) is 18.8 Å². The molecule has 154 valence electrons. The summed E-state index contributed by atoms with van der Waals surface area (Å²) in [5, 5.41) is 0. The van der Waals surface area contributed by atoms with Gasteiger partial charge in [-0.25, -0.2) is 4.79 Å². The summed E-state index contributed by atoms with van der Waals surface area (Å²) in [4.78, 5) is 26.7. The fourth-order valence-electron chi connectivity index (χ4n) is 3.35. The van der Waals surface area contributed by atoms with Crippen LogP contribution in [-0.4, -0.2) is 60.6 Å². The average Bonchev–Trinajstić information content (AvgIpc) is 2.73. The zero-order valence-electron chi connectivity index (χ0n) is 18.0. The second-order valence-electron chi connectivity index (χ2n) is 9.36. The van der Waals surface area contributed by atoms with Gasteiger partial charge in [-0.2, -0.15) is 0 Å². The lowest BCUT2D eigenvalue weighted by molar-refractivity contribution is -0.150. The minimum absolute atomic E-state index is 0.177. The van der Waals surface area contributed by atoms with Gasteiger partial charge in [-0.05, 0) is 61.8 Å². The molecule has 2 saturated heterocycles.